The Kier molecular flexibility index (Phi) is 5.70. The third-order valence-corrected chi connectivity index (χ3v) is 5.26. The van der Waals surface area contributed by atoms with Gasteiger partial charge in [-0.2, -0.15) is 0 Å². The molecule has 0 spiro atoms. The molecule has 1 fully saturated rings. The number of benzene rings is 2. The predicted molar refractivity (Wildman–Crippen MR) is 110 cm³/mol. The molecule has 1 heterocycles. The van der Waals surface area contributed by atoms with Crippen molar-refractivity contribution in [1.82, 2.24) is 15.3 Å². The number of non-ortho nitro benzene ring substituents is 1. The number of carbonyl (C=O) groups is 1. The molecule has 1 amide bonds. The highest BCUT2D eigenvalue weighted by molar-refractivity contribution is 5.90. The molecule has 3 aromatic rings. The first kappa shape index (κ1) is 20.6. The molecule has 10 heteroatoms. The van der Waals surface area contributed by atoms with Crippen molar-refractivity contribution in [2.75, 3.05) is 18.4 Å². The second-order valence-electron chi connectivity index (χ2n) is 7.37. The number of hydrogen-bond acceptors (Lipinski definition) is 6. The largest absolute Gasteiger partial charge is 0.369 e. The number of nitrogens with one attached hydrogen (secondary N) is 2. The molecule has 1 aliphatic rings. The second-order valence-corrected chi connectivity index (χ2v) is 7.37. The molecule has 2 N–H and O–H groups in total. The Hall–Kier alpha value is -3.69. The van der Waals surface area contributed by atoms with Crippen molar-refractivity contribution >= 4 is 28.3 Å². The fourth-order valence-electron chi connectivity index (χ4n) is 3.57. The lowest BCUT2D eigenvalue weighted by molar-refractivity contribution is -0.384. The van der Waals surface area contributed by atoms with E-state index >= 15 is 0 Å². The first-order chi connectivity index (χ1) is 14.9. The summed E-state index contributed by atoms with van der Waals surface area (Å²) in [6.45, 7) is 0.889. The normalized spacial score (nSPS) is 17.4. The van der Waals surface area contributed by atoms with Crippen molar-refractivity contribution in [3.8, 4) is 0 Å². The van der Waals surface area contributed by atoms with E-state index in [0.29, 0.717) is 48.2 Å². The fraction of sp³-hybridized carbons (Fsp3) is 0.286. The van der Waals surface area contributed by atoms with Gasteiger partial charge in [-0.1, -0.05) is 6.07 Å². The van der Waals surface area contributed by atoms with Crippen molar-refractivity contribution in [1.29, 1.82) is 0 Å². The van der Waals surface area contributed by atoms with Gasteiger partial charge in [-0.25, -0.2) is 18.7 Å². The van der Waals surface area contributed by atoms with Crippen molar-refractivity contribution in [2.24, 2.45) is 5.92 Å². The molecule has 8 nitrogen and oxygen atoms in total. The van der Waals surface area contributed by atoms with Crippen LogP contribution in [0.5, 0.6) is 0 Å². The zero-order valence-electron chi connectivity index (χ0n) is 16.3. The van der Waals surface area contributed by atoms with E-state index in [4.69, 9.17) is 0 Å². The van der Waals surface area contributed by atoms with Gasteiger partial charge in [-0.15, -0.1) is 0 Å². The zero-order chi connectivity index (χ0) is 22.0. The SMILES string of the molecule is O=C(NCCCNc1ncnc2ccc([N+](=O)[O-])cc12)[C@@H]1C[C@@H]1c1ccc(F)cc1F. The van der Waals surface area contributed by atoms with Crippen LogP contribution in [0.1, 0.15) is 24.3 Å². The number of amides is 1. The lowest BCUT2D eigenvalue weighted by atomic mass is 10.1. The molecule has 0 bridgehead atoms. The molecule has 0 saturated heterocycles. The Balaban J connectivity index is 1.26. The van der Waals surface area contributed by atoms with Crippen LogP contribution < -0.4 is 10.6 Å². The summed E-state index contributed by atoms with van der Waals surface area (Å²) in [6, 6.07) is 7.79. The first-order valence-electron chi connectivity index (χ1n) is 9.79. The second kappa shape index (κ2) is 8.58. The third kappa shape index (κ3) is 4.57. The minimum Gasteiger partial charge on any atom is -0.369 e. The van der Waals surface area contributed by atoms with Crippen LogP contribution in [0.2, 0.25) is 0 Å². The summed E-state index contributed by atoms with van der Waals surface area (Å²) in [4.78, 5) is 31.0. The molecule has 1 saturated carbocycles. The van der Waals surface area contributed by atoms with E-state index in [-0.39, 0.29) is 23.4 Å². The van der Waals surface area contributed by atoms with Crippen LogP contribution >= 0.6 is 0 Å². The van der Waals surface area contributed by atoms with Gasteiger partial charge in [0.25, 0.3) is 5.69 Å². The quantitative estimate of drug-likeness (QED) is 0.323. The van der Waals surface area contributed by atoms with Gasteiger partial charge in [0.05, 0.1) is 10.4 Å². The van der Waals surface area contributed by atoms with Crippen LogP contribution in [0.25, 0.3) is 10.9 Å². The number of nitro groups is 1. The smallest absolute Gasteiger partial charge is 0.270 e. The number of rotatable bonds is 8. The number of fused-ring (bicyclic) bond motifs is 1. The van der Waals surface area contributed by atoms with Crippen molar-refractivity contribution in [3.05, 3.63) is 70.0 Å². The van der Waals surface area contributed by atoms with Gasteiger partial charge in [0.2, 0.25) is 5.91 Å². The Bertz CT molecular complexity index is 1160. The molecule has 4 rings (SSSR count). The summed E-state index contributed by atoms with van der Waals surface area (Å²) in [5, 5.41) is 17.5. The summed E-state index contributed by atoms with van der Waals surface area (Å²) in [5.74, 6) is -1.46. The molecule has 31 heavy (non-hydrogen) atoms. The number of carbonyl (C=O) groups excluding carboxylic acids is 1. The van der Waals surface area contributed by atoms with E-state index in [1.165, 1.54) is 30.6 Å². The predicted octanol–water partition coefficient (Wildman–Crippen LogP) is 3.54. The van der Waals surface area contributed by atoms with E-state index in [9.17, 15) is 23.7 Å². The van der Waals surface area contributed by atoms with Crippen molar-refractivity contribution in [2.45, 2.75) is 18.8 Å². The Labute approximate surface area is 175 Å². The summed E-state index contributed by atoms with van der Waals surface area (Å²) in [7, 11) is 0. The van der Waals surface area contributed by atoms with Crippen molar-refractivity contribution in [3.63, 3.8) is 0 Å². The van der Waals surface area contributed by atoms with Crippen molar-refractivity contribution < 1.29 is 18.5 Å². The molecular formula is C21H19F2N5O3. The van der Waals surface area contributed by atoms with Crippen LogP contribution in [-0.4, -0.2) is 33.9 Å². The maximum absolute atomic E-state index is 13.8. The summed E-state index contributed by atoms with van der Waals surface area (Å²) in [6.07, 6.45) is 2.51. The molecule has 0 radical (unpaired) electrons. The van der Waals surface area contributed by atoms with E-state index in [0.717, 1.165) is 6.07 Å². The number of aromatic nitrogens is 2. The Morgan fingerprint density at radius 3 is 2.77 bits per heavy atom. The number of anilines is 1. The van der Waals surface area contributed by atoms with Crippen LogP contribution in [-0.2, 0) is 4.79 Å². The van der Waals surface area contributed by atoms with Gasteiger partial charge < -0.3 is 10.6 Å². The van der Waals surface area contributed by atoms with Crippen LogP contribution in [0.3, 0.4) is 0 Å². The minimum absolute atomic E-state index is 0.0470. The highest BCUT2D eigenvalue weighted by atomic mass is 19.1. The number of nitro benzene ring substituents is 1. The molecule has 1 aliphatic carbocycles. The van der Waals surface area contributed by atoms with E-state index in [2.05, 4.69) is 20.6 Å². The molecule has 0 unspecified atom stereocenters. The highest BCUT2D eigenvalue weighted by Crippen LogP contribution is 2.48. The lowest BCUT2D eigenvalue weighted by Gasteiger charge is -2.09. The van der Waals surface area contributed by atoms with Gasteiger partial charge in [0.15, 0.2) is 0 Å². The number of halogens is 2. The van der Waals surface area contributed by atoms with Crippen LogP contribution in [0.4, 0.5) is 20.3 Å². The van der Waals surface area contributed by atoms with Gasteiger partial charge >= 0.3 is 0 Å². The molecule has 2 aromatic carbocycles. The maximum atomic E-state index is 13.8. The molecular weight excluding hydrogens is 408 g/mol. The van der Waals surface area contributed by atoms with Crippen LogP contribution in [0.15, 0.2) is 42.7 Å². The molecule has 160 valence electrons. The van der Waals surface area contributed by atoms with Crippen LogP contribution in [0, 0.1) is 27.7 Å². The molecule has 1 aromatic heterocycles. The third-order valence-electron chi connectivity index (χ3n) is 5.26. The monoisotopic (exact) mass is 427 g/mol. The van der Waals surface area contributed by atoms with E-state index < -0.39 is 16.6 Å². The fourth-order valence-corrected chi connectivity index (χ4v) is 3.57. The molecule has 0 aliphatic heterocycles. The number of hydrogen-bond donors (Lipinski definition) is 2. The minimum atomic E-state index is -0.638. The van der Waals surface area contributed by atoms with E-state index in [1.54, 1.807) is 6.07 Å². The number of nitrogens with zero attached hydrogens (tertiary/aromatic N) is 3. The van der Waals surface area contributed by atoms with Gasteiger partial charge in [-0.05, 0) is 36.5 Å². The maximum Gasteiger partial charge on any atom is 0.270 e. The van der Waals surface area contributed by atoms with Gasteiger partial charge in [-0.3, -0.25) is 14.9 Å². The zero-order valence-corrected chi connectivity index (χ0v) is 16.3. The highest BCUT2D eigenvalue weighted by Gasteiger charge is 2.45. The Morgan fingerprint density at radius 1 is 1.16 bits per heavy atom. The Morgan fingerprint density at radius 2 is 2.00 bits per heavy atom. The average molecular weight is 427 g/mol. The summed E-state index contributed by atoms with van der Waals surface area (Å²) >= 11 is 0. The van der Waals surface area contributed by atoms with Gasteiger partial charge in [0.1, 0.15) is 23.8 Å². The first-order valence-corrected chi connectivity index (χ1v) is 9.79. The summed E-state index contributed by atoms with van der Waals surface area (Å²) in [5.41, 5.74) is 0.909. The summed E-state index contributed by atoms with van der Waals surface area (Å²) < 4.78 is 26.9. The topological polar surface area (TPSA) is 110 Å². The van der Waals surface area contributed by atoms with E-state index in [1.807, 2.05) is 0 Å². The average Bonchev–Trinajstić information content (AvgIpc) is 3.53. The van der Waals surface area contributed by atoms with Gasteiger partial charge in [0, 0.05) is 42.6 Å². The standard InChI is InChI=1S/C21H19F2N5O3/c22-12-2-4-14(18(23)8-12)15-10-16(15)21(29)25-7-1-6-24-20-17-9-13(28(30)31)3-5-19(17)26-11-27-20/h2-5,8-9,11,15-16H,1,6-7,10H2,(H,25,29)(H,24,26,27)/t15-,16-/m1/s1. The lowest BCUT2D eigenvalue weighted by Crippen LogP contribution is -2.27. The molecule has 2 atom stereocenters.